The summed E-state index contributed by atoms with van der Waals surface area (Å²) in [5, 5.41) is 0. The van der Waals surface area contributed by atoms with Crippen molar-refractivity contribution in [1.29, 1.82) is 0 Å². The second kappa shape index (κ2) is 9.67. The van der Waals surface area contributed by atoms with Crippen LogP contribution in [0, 0.1) is 5.92 Å². The second-order valence-electron chi connectivity index (χ2n) is 6.62. The molecule has 0 bridgehead atoms. The molecule has 1 aliphatic rings. The molecule has 0 aliphatic carbocycles. The zero-order valence-electron chi connectivity index (χ0n) is 16.7. The van der Waals surface area contributed by atoms with Gasteiger partial charge in [0.2, 0.25) is 11.7 Å². The molecule has 0 radical (unpaired) electrons. The molecule has 0 aromatic heterocycles. The third kappa shape index (κ3) is 4.61. The van der Waals surface area contributed by atoms with Gasteiger partial charge in [-0.05, 0) is 50.9 Å². The first-order valence-electron chi connectivity index (χ1n) is 9.37. The standard InChI is InChI=1S/C20H32N2O4/c1-6-22(7-2)20(23)16-9-8-10-21(14-16)13-15-11-17(24-3)19(26-5)18(12-15)25-4/h11-12,16H,6-10,13-14H2,1-5H3/t16-/m1/s1. The van der Waals surface area contributed by atoms with Crippen molar-refractivity contribution in [1.82, 2.24) is 9.80 Å². The van der Waals surface area contributed by atoms with Crippen LogP contribution < -0.4 is 14.2 Å². The number of benzene rings is 1. The van der Waals surface area contributed by atoms with Crippen molar-refractivity contribution in [3.05, 3.63) is 17.7 Å². The van der Waals surface area contributed by atoms with E-state index in [0.29, 0.717) is 17.2 Å². The van der Waals surface area contributed by atoms with Crippen LogP contribution in [0.5, 0.6) is 17.2 Å². The van der Waals surface area contributed by atoms with Crippen molar-refractivity contribution in [3.63, 3.8) is 0 Å². The molecule has 0 saturated carbocycles. The Morgan fingerprint density at radius 1 is 1.12 bits per heavy atom. The number of methoxy groups -OCH3 is 3. The molecule has 0 unspecified atom stereocenters. The lowest BCUT2D eigenvalue weighted by atomic mass is 9.96. The molecule has 1 amide bonds. The average molecular weight is 364 g/mol. The van der Waals surface area contributed by atoms with Gasteiger partial charge in [-0.2, -0.15) is 0 Å². The van der Waals surface area contributed by atoms with Gasteiger partial charge in [-0.15, -0.1) is 0 Å². The van der Waals surface area contributed by atoms with Crippen LogP contribution in [-0.4, -0.2) is 63.2 Å². The Hall–Kier alpha value is -1.95. The number of ether oxygens (including phenoxy) is 3. The number of carbonyl (C=O) groups is 1. The maximum absolute atomic E-state index is 12.7. The van der Waals surface area contributed by atoms with E-state index in [9.17, 15) is 4.79 Å². The minimum Gasteiger partial charge on any atom is -0.493 e. The molecule has 2 rings (SSSR count). The summed E-state index contributed by atoms with van der Waals surface area (Å²) in [4.78, 5) is 17.0. The van der Waals surface area contributed by atoms with Gasteiger partial charge in [-0.1, -0.05) is 0 Å². The van der Waals surface area contributed by atoms with Crippen LogP contribution in [0.4, 0.5) is 0 Å². The molecule has 0 N–H and O–H groups in total. The fourth-order valence-electron chi connectivity index (χ4n) is 3.68. The van der Waals surface area contributed by atoms with Gasteiger partial charge in [0.05, 0.1) is 27.2 Å². The average Bonchev–Trinajstić information content (AvgIpc) is 2.68. The topological polar surface area (TPSA) is 51.2 Å². The molecule has 6 heteroatoms. The SMILES string of the molecule is CCN(CC)C(=O)[C@@H]1CCCN(Cc2cc(OC)c(OC)c(OC)c2)C1. The van der Waals surface area contributed by atoms with Gasteiger partial charge in [0.25, 0.3) is 0 Å². The Morgan fingerprint density at radius 3 is 2.23 bits per heavy atom. The summed E-state index contributed by atoms with van der Waals surface area (Å²) in [7, 11) is 4.86. The Morgan fingerprint density at radius 2 is 1.73 bits per heavy atom. The van der Waals surface area contributed by atoms with Gasteiger partial charge in [0.15, 0.2) is 11.5 Å². The molecule has 1 atom stereocenters. The smallest absolute Gasteiger partial charge is 0.226 e. The third-order valence-electron chi connectivity index (χ3n) is 5.06. The molecule has 6 nitrogen and oxygen atoms in total. The summed E-state index contributed by atoms with van der Waals surface area (Å²) >= 11 is 0. The lowest BCUT2D eigenvalue weighted by Gasteiger charge is -2.34. The van der Waals surface area contributed by atoms with Crippen LogP contribution in [0.15, 0.2) is 12.1 Å². The molecule has 1 aliphatic heterocycles. The number of hydrogen-bond donors (Lipinski definition) is 0. The number of hydrogen-bond acceptors (Lipinski definition) is 5. The highest BCUT2D eigenvalue weighted by molar-refractivity contribution is 5.79. The van der Waals surface area contributed by atoms with E-state index in [0.717, 1.165) is 51.1 Å². The number of likely N-dealkylation sites (tertiary alicyclic amines) is 1. The highest BCUT2D eigenvalue weighted by Crippen LogP contribution is 2.38. The normalized spacial score (nSPS) is 17.7. The molecular formula is C20H32N2O4. The van der Waals surface area contributed by atoms with E-state index in [1.54, 1.807) is 21.3 Å². The summed E-state index contributed by atoms with van der Waals surface area (Å²) in [6.07, 6.45) is 2.02. The van der Waals surface area contributed by atoms with Crippen LogP contribution in [0.3, 0.4) is 0 Å². The predicted octanol–water partition coefficient (Wildman–Crippen LogP) is 2.79. The molecule has 1 aromatic carbocycles. The first kappa shape index (κ1) is 20.4. The first-order chi connectivity index (χ1) is 12.6. The molecule has 1 aromatic rings. The van der Waals surface area contributed by atoms with Crippen molar-refractivity contribution >= 4 is 5.91 Å². The van der Waals surface area contributed by atoms with Gasteiger partial charge < -0.3 is 19.1 Å². The molecule has 26 heavy (non-hydrogen) atoms. The monoisotopic (exact) mass is 364 g/mol. The largest absolute Gasteiger partial charge is 0.493 e. The highest BCUT2D eigenvalue weighted by Gasteiger charge is 2.28. The van der Waals surface area contributed by atoms with Gasteiger partial charge in [0, 0.05) is 26.2 Å². The summed E-state index contributed by atoms with van der Waals surface area (Å²) in [5.74, 6) is 2.30. The van der Waals surface area contributed by atoms with E-state index in [-0.39, 0.29) is 11.8 Å². The summed E-state index contributed by atoms with van der Waals surface area (Å²) in [5.41, 5.74) is 1.09. The van der Waals surface area contributed by atoms with Crippen LogP contribution >= 0.6 is 0 Å². The van der Waals surface area contributed by atoms with Crippen LogP contribution in [-0.2, 0) is 11.3 Å². The van der Waals surface area contributed by atoms with Gasteiger partial charge >= 0.3 is 0 Å². The number of nitrogens with zero attached hydrogens (tertiary/aromatic N) is 2. The number of amides is 1. The molecule has 1 saturated heterocycles. The lowest BCUT2D eigenvalue weighted by molar-refractivity contribution is -0.137. The van der Waals surface area contributed by atoms with Gasteiger partial charge in [-0.3, -0.25) is 9.69 Å². The zero-order valence-corrected chi connectivity index (χ0v) is 16.7. The third-order valence-corrected chi connectivity index (χ3v) is 5.06. The van der Waals surface area contributed by atoms with E-state index < -0.39 is 0 Å². The van der Waals surface area contributed by atoms with Crippen molar-refractivity contribution in [2.24, 2.45) is 5.92 Å². The van der Waals surface area contributed by atoms with E-state index >= 15 is 0 Å². The van der Waals surface area contributed by atoms with Crippen molar-refractivity contribution < 1.29 is 19.0 Å². The van der Waals surface area contributed by atoms with Gasteiger partial charge in [0.1, 0.15) is 0 Å². The molecule has 1 fully saturated rings. The van der Waals surface area contributed by atoms with Crippen molar-refractivity contribution in [3.8, 4) is 17.2 Å². The predicted molar refractivity (Wildman–Crippen MR) is 102 cm³/mol. The Bertz CT molecular complexity index is 576. The quantitative estimate of drug-likeness (QED) is 0.710. The zero-order chi connectivity index (χ0) is 19.1. The summed E-state index contributed by atoms with van der Waals surface area (Å²) in [6.45, 7) is 8.19. The minimum atomic E-state index is 0.0886. The lowest BCUT2D eigenvalue weighted by Crippen LogP contribution is -2.44. The maximum Gasteiger partial charge on any atom is 0.226 e. The van der Waals surface area contributed by atoms with Crippen molar-refractivity contribution in [2.45, 2.75) is 33.2 Å². The van der Waals surface area contributed by atoms with E-state index in [2.05, 4.69) is 4.90 Å². The van der Waals surface area contributed by atoms with E-state index in [1.807, 2.05) is 30.9 Å². The molecule has 146 valence electrons. The fourth-order valence-corrected chi connectivity index (χ4v) is 3.68. The van der Waals surface area contributed by atoms with Crippen LogP contribution in [0.25, 0.3) is 0 Å². The number of piperidine rings is 1. The maximum atomic E-state index is 12.7. The summed E-state index contributed by atoms with van der Waals surface area (Å²) in [6, 6.07) is 3.97. The molecular weight excluding hydrogens is 332 g/mol. The fraction of sp³-hybridized carbons (Fsp3) is 0.650. The highest BCUT2D eigenvalue weighted by atomic mass is 16.5. The minimum absolute atomic E-state index is 0.0886. The van der Waals surface area contributed by atoms with E-state index in [1.165, 1.54) is 0 Å². The van der Waals surface area contributed by atoms with Crippen LogP contribution in [0.2, 0.25) is 0 Å². The van der Waals surface area contributed by atoms with Crippen LogP contribution in [0.1, 0.15) is 32.3 Å². The Balaban J connectivity index is 2.11. The van der Waals surface area contributed by atoms with Gasteiger partial charge in [-0.25, -0.2) is 0 Å². The number of carbonyl (C=O) groups excluding carboxylic acids is 1. The molecule has 0 spiro atoms. The first-order valence-corrected chi connectivity index (χ1v) is 9.37. The van der Waals surface area contributed by atoms with Crippen molar-refractivity contribution in [2.75, 3.05) is 47.5 Å². The number of rotatable bonds is 8. The molecule has 1 heterocycles. The Kier molecular flexibility index (Phi) is 7.57. The Labute approximate surface area is 157 Å². The van der Waals surface area contributed by atoms with E-state index in [4.69, 9.17) is 14.2 Å². The second-order valence-corrected chi connectivity index (χ2v) is 6.62. The summed E-state index contributed by atoms with van der Waals surface area (Å²) < 4.78 is 16.3.